The second-order valence-corrected chi connectivity index (χ2v) is 5.69. The molecule has 5 nitrogen and oxygen atoms in total. The van der Waals surface area contributed by atoms with Gasteiger partial charge in [-0.15, -0.1) is 0 Å². The van der Waals surface area contributed by atoms with E-state index in [1.54, 1.807) is 14.2 Å². The third kappa shape index (κ3) is 3.51. The Morgan fingerprint density at radius 3 is 2.62 bits per heavy atom. The summed E-state index contributed by atoms with van der Waals surface area (Å²) in [5.74, 6) is 2.27. The minimum atomic E-state index is 0.664. The fourth-order valence-electron chi connectivity index (χ4n) is 2.53. The molecule has 0 spiro atoms. The van der Waals surface area contributed by atoms with Gasteiger partial charge in [0.05, 0.1) is 19.7 Å². The molecule has 0 saturated carbocycles. The van der Waals surface area contributed by atoms with E-state index in [1.807, 2.05) is 36.4 Å². The van der Waals surface area contributed by atoms with Gasteiger partial charge in [0.15, 0.2) is 11.5 Å². The molecule has 1 heterocycles. The van der Waals surface area contributed by atoms with Crippen molar-refractivity contribution in [2.75, 3.05) is 26.1 Å². The van der Waals surface area contributed by atoms with Crippen LogP contribution in [0.5, 0.6) is 11.5 Å². The SMILES string of the molecule is COc1ccc(CCNc2ncnc3cc(Cl)ccc23)cc1OC. The molecule has 24 heavy (non-hydrogen) atoms. The summed E-state index contributed by atoms with van der Waals surface area (Å²) < 4.78 is 10.6. The van der Waals surface area contributed by atoms with Crippen LogP contribution in [0.25, 0.3) is 10.9 Å². The first kappa shape index (κ1) is 16.3. The van der Waals surface area contributed by atoms with Crippen LogP contribution in [-0.2, 0) is 6.42 Å². The van der Waals surface area contributed by atoms with E-state index in [1.165, 1.54) is 6.33 Å². The Bertz CT molecular complexity index is 855. The minimum Gasteiger partial charge on any atom is -0.493 e. The Hall–Kier alpha value is -2.53. The first-order valence-electron chi connectivity index (χ1n) is 7.56. The molecule has 1 N–H and O–H groups in total. The van der Waals surface area contributed by atoms with Gasteiger partial charge < -0.3 is 14.8 Å². The summed E-state index contributed by atoms with van der Waals surface area (Å²) in [6.45, 7) is 0.740. The van der Waals surface area contributed by atoms with Crippen LogP contribution in [0, 0.1) is 0 Å². The summed E-state index contributed by atoms with van der Waals surface area (Å²) in [5, 5.41) is 4.97. The number of halogens is 1. The Kier molecular flexibility index (Phi) is 5.01. The van der Waals surface area contributed by atoms with E-state index in [4.69, 9.17) is 21.1 Å². The number of ether oxygens (including phenoxy) is 2. The number of fused-ring (bicyclic) bond motifs is 1. The maximum atomic E-state index is 6.01. The highest BCUT2D eigenvalue weighted by Gasteiger charge is 2.06. The quantitative estimate of drug-likeness (QED) is 0.734. The van der Waals surface area contributed by atoms with Crippen LogP contribution in [0.15, 0.2) is 42.7 Å². The Morgan fingerprint density at radius 1 is 1.00 bits per heavy atom. The third-order valence-electron chi connectivity index (χ3n) is 3.75. The second kappa shape index (κ2) is 7.36. The molecule has 3 rings (SSSR count). The predicted molar refractivity (Wildman–Crippen MR) is 96.3 cm³/mol. The van der Waals surface area contributed by atoms with Crippen molar-refractivity contribution >= 4 is 28.3 Å². The van der Waals surface area contributed by atoms with Crippen molar-refractivity contribution in [1.82, 2.24) is 9.97 Å². The van der Waals surface area contributed by atoms with Crippen molar-refractivity contribution in [3.8, 4) is 11.5 Å². The molecule has 0 atom stereocenters. The standard InChI is InChI=1S/C18H18ClN3O2/c1-23-16-6-3-12(9-17(16)24-2)7-8-20-18-14-5-4-13(19)10-15(14)21-11-22-18/h3-6,9-11H,7-8H2,1-2H3,(H,20,21,22). The largest absolute Gasteiger partial charge is 0.493 e. The molecule has 1 aromatic heterocycles. The van der Waals surface area contributed by atoms with Crippen molar-refractivity contribution in [1.29, 1.82) is 0 Å². The lowest BCUT2D eigenvalue weighted by Crippen LogP contribution is -2.07. The van der Waals surface area contributed by atoms with E-state index < -0.39 is 0 Å². The minimum absolute atomic E-state index is 0.664. The molecule has 2 aromatic carbocycles. The number of rotatable bonds is 6. The van der Waals surface area contributed by atoms with Crippen LogP contribution in [0.3, 0.4) is 0 Å². The van der Waals surface area contributed by atoms with Crippen molar-refractivity contribution in [3.63, 3.8) is 0 Å². The van der Waals surface area contributed by atoms with E-state index in [2.05, 4.69) is 15.3 Å². The van der Waals surface area contributed by atoms with Gasteiger partial charge in [0.1, 0.15) is 12.1 Å². The number of hydrogen-bond acceptors (Lipinski definition) is 5. The predicted octanol–water partition coefficient (Wildman–Crippen LogP) is 3.96. The zero-order chi connectivity index (χ0) is 16.9. The third-order valence-corrected chi connectivity index (χ3v) is 3.99. The molecule has 0 fully saturated rings. The topological polar surface area (TPSA) is 56.3 Å². The van der Waals surface area contributed by atoms with Crippen molar-refractivity contribution < 1.29 is 9.47 Å². The van der Waals surface area contributed by atoms with Gasteiger partial charge in [-0.1, -0.05) is 17.7 Å². The van der Waals surface area contributed by atoms with Gasteiger partial charge >= 0.3 is 0 Å². The Balaban J connectivity index is 1.71. The summed E-state index contributed by atoms with van der Waals surface area (Å²) >= 11 is 6.01. The van der Waals surface area contributed by atoms with Crippen LogP contribution in [0.4, 0.5) is 5.82 Å². The Labute approximate surface area is 145 Å². The molecule has 0 unspecified atom stereocenters. The highest BCUT2D eigenvalue weighted by Crippen LogP contribution is 2.28. The lowest BCUT2D eigenvalue weighted by atomic mass is 10.1. The summed E-state index contributed by atoms with van der Waals surface area (Å²) in [4.78, 5) is 8.56. The molecule has 124 valence electrons. The fourth-order valence-corrected chi connectivity index (χ4v) is 2.70. The number of benzene rings is 2. The highest BCUT2D eigenvalue weighted by atomic mass is 35.5. The lowest BCUT2D eigenvalue weighted by molar-refractivity contribution is 0.354. The van der Waals surface area contributed by atoms with Crippen molar-refractivity contribution in [3.05, 3.63) is 53.3 Å². The van der Waals surface area contributed by atoms with E-state index in [0.717, 1.165) is 46.7 Å². The fraction of sp³-hybridized carbons (Fsp3) is 0.222. The van der Waals surface area contributed by atoms with Gasteiger partial charge in [-0.3, -0.25) is 0 Å². The number of aromatic nitrogens is 2. The number of methoxy groups -OCH3 is 2. The summed E-state index contributed by atoms with van der Waals surface area (Å²) in [6.07, 6.45) is 2.37. The van der Waals surface area contributed by atoms with Crippen LogP contribution in [0.2, 0.25) is 5.02 Å². The number of nitrogens with one attached hydrogen (secondary N) is 1. The molecule has 0 saturated heterocycles. The zero-order valence-electron chi connectivity index (χ0n) is 13.5. The molecule has 3 aromatic rings. The van der Waals surface area contributed by atoms with Crippen molar-refractivity contribution in [2.24, 2.45) is 0 Å². The number of anilines is 1. The summed E-state index contributed by atoms with van der Waals surface area (Å²) in [5.41, 5.74) is 1.98. The average Bonchev–Trinajstić information content (AvgIpc) is 2.61. The molecule has 0 amide bonds. The van der Waals surface area contributed by atoms with Crippen LogP contribution >= 0.6 is 11.6 Å². The summed E-state index contributed by atoms with van der Waals surface area (Å²) in [7, 11) is 3.27. The average molecular weight is 344 g/mol. The van der Waals surface area contributed by atoms with Crippen LogP contribution in [-0.4, -0.2) is 30.7 Å². The van der Waals surface area contributed by atoms with Crippen LogP contribution < -0.4 is 14.8 Å². The molecular weight excluding hydrogens is 326 g/mol. The van der Waals surface area contributed by atoms with Gasteiger partial charge in [0.25, 0.3) is 0 Å². The summed E-state index contributed by atoms with van der Waals surface area (Å²) in [6, 6.07) is 11.5. The van der Waals surface area contributed by atoms with Gasteiger partial charge in [0.2, 0.25) is 0 Å². The number of nitrogens with zero attached hydrogens (tertiary/aromatic N) is 2. The number of hydrogen-bond donors (Lipinski definition) is 1. The normalized spacial score (nSPS) is 10.6. The molecule has 6 heteroatoms. The molecular formula is C18H18ClN3O2. The van der Waals surface area contributed by atoms with Gasteiger partial charge in [-0.05, 0) is 42.3 Å². The van der Waals surface area contributed by atoms with Crippen LogP contribution in [0.1, 0.15) is 5.56 Å². The molecule has 0 aliphatic rings. The molecule has 0 aliphatic carbocycles. The first-order valence-corrected chi connectivity index (χ1v) is 7.94. The maximum Gasteiger partial charge on any atom is 0.160 e. The van der Waals surface area contributed by atoms with Gasteiger partial charge in [-0.2, -0.15) is 0 Å². The molecule has 0 aliphatic heterocycles. The molecule has 0 bridgehead atoms. The first-order chi connectivity index (χ1) is 11.7. The maximum absolute atomic E-state index is 6.01. The molecule has 0 radical (unpaired) electrons. The smallest absolute Gasteiger partial charge is 0.160 e. The van der Waals surface area contributed by atoms with Gasteiger partial charge in [0, 0.05) is 17.0 Å². The van der Waals surface area contributed by atoms with Crippen molar-refractivity contribution in [2.45, 2.75) is 6.42 Å². The highest BCUT2D eigenvalue weighted by molar-refractivity contribution is 6.31. The van der Waals surface area contributed by atoms with Gasteiger partial charge in [-0.25, -0.2) is 9.97 Å². The Morgan fingerprint density at radius 2 is 1.83 bits per heavy atom. The van der Waals surface area contributed by atoms with E-state index in [-0.39, 0.29) is 0 Å². The van der Waals surface area contributed by atoms with E-state index in [9.17, 15) is 0 Å². The zero-order valence-corrected chi connectivity index (χ0v) is 14.3. The van der Waals surface area contributed by atoms with E-state index in [0.29, 0.717) is 5.02 Å². The monoisotopic (exact) mass is 343 g/mol. The second-order valence-electron chi connectivity index (χ2n) is 5.25. The lowest BCUT2D eigenvalue weighted by Gasteiger charge is -2.11. The van der Waals surface area contributed by atoms with E-state index >= 15 is 0 Å².